The molecule has 1 fully saturated rings. The molecule has 0 aliphatic carbocycles. The Kier molecular flexibility index (Phi) is 7.54. The van der Waals surface area contributed by atoms with Crippen molar-refractivity contribution in [3.8, 4) is 10.6 Å². The van der Waals surface area contributed by atoms with Crippen molar-refractivity contribution in [2.45, 2.75) is 23.5 Å². The zero-order valence-corrected chi connectivity index (χ0v) is 21.9. The lowest BCUT2D eigenvalue weighted by Gasteiger charge is -2.31. The normalized spacial score (nSPS) is 14.8. The number of aryl methyl sites for hydroxylation is 1. The maximum atomic E-state index is 6.31. The maximum absolute atomic E-state index is 6.31. The van der Waals surface area contributed by atoms with E-state index in [0.29, 0.717) is 16.0 Å². The van der Waals surface area contributed by atoms with Crippen molar-refractivity contribution in [3.05, 3.63) is 65.3 Å². The number of hydrogen-bond acceptors (Lipinski definition) is 10. The molecule has 1 aliphatic rings. The second kappa shape index (κ2) is 11.0. The molecule has 0 radical (unpaired) electrons. The Morgan fingerprint density at radius 2 is 1.86 bits per heavy atom. The van der Waals surface area contributed by atoms with E-state index in [1.165, 1.54) is 23.1 Å². The number of anilines is 2. The van der Waals surface area contributed by atoms with E-state index < -0.39 is 0 Å². The molecule has 1 saturated heterocycles. The van der Waals surface area contributed by atoms with Crippen molar-refractivity contribution in [2.75, 3.05) is 38.5 Å². The van der Waals surface area contributed by atoms with E-state index in [1.54, 1.807) is 6.20 Å². The molecule has 0 bridgehead atoms. The Morgan fingerprint density at radius 3 is 2.63 bits per heavy atom. The third-order valence-corrected chi connectivity index (χ3v) is 7.87. The Labute approximate surface area is 217 Å². The topological polar surface area (TPSA) is 83.0 Å². The van der Waals surface area contributed by atoms with Crippen LogP contribution in [0, 0.1) is 6.92 Å². The van der Waals surface area contributed by atoms with Crippen LogP contribution in [-0.2, 0) is 6.54 Å². The fraction of sp³-hybridized carbons (Fsp3) is 0.292. The fourth-order valence-corrected chi connectivity index (χ4v) is 5.51. The van der Waals surface area contributed by atoms with Gasteiger partial charge in [0.15, 0.2) is 16.1 Å². The van der Waals surface area contributed by atoms with Crippen molar-refractivity contribution < 1.29 is 0 Å². The first-order chi connectivity index (χ1) is 17.0. The Bertz CT molecular complexity index is 1290. The Morgan fingerprint density at radius 1 is 1.03 bits per heavy atom. The molecular weight excluding hydrogens is 500 g/mol. The van der Waals surface area contributed by atoms with Gasteiger partial charge in [-0.3, -0.25) is 9.88 Å². The first kappa shape index (κ1) is 24.1. The average Bonchev–Trinajstić information content (AvgIpc) is 3.32. The number of piperazine rings is 1. The first-order valence-corrected chi connectivity index (χ1v) is 13.3. The van der Waals surface area contributed by atoms with Gasteiger partial charge in [0, 0.05) is 49.5 Å². The standard InChI is InChI=1S/C24H25ClN8S2/c1-16-11-19(30-24(29-16)34-20-6-4-3-5-18(20)25)21-13-28-23(35-21)31-22-14-26-17(12-27-22)15-33-9-7-32(2)8-10-33/h3-6,11-14H,7-10,15H2,1-2H3,(H,27,28,31). The van der Waals surface area contributed by atoms with Gasteiger partial charge < -0.3 is 10.2 Å². The number of nitrogens with one attached hydrogen (secondary N) is 1. The lowest BCUT2D eigenvalue weighted by Crippen LogP contribution is -2.44. The average molecular weight is 525 g/mol. The molecule has 0 saturated carbocycles. The lowest BCUT2D eigenvalue weighted by molar-refractivity contribution is 0.147. The van der Waals surface area contributed by atoms with Gasteiger partial charge in [0.05, 0.1) is 33.7 Å². The molecule has 1 aliphatic heterocycles. The van der Waals surface area contributed by atoms with Crippen LogP contribution in [0.5, 0.6) is 0 Å². The second-order valence-corrected chi connectivity index (χ2v) is 10.8. The zero-order valence-electron chi connectivity index (χ0n) is 19.5. The highest BCUT2D eigenvalue weighted by atomic mass is 35.5. The molecule has 5 rings (SSSR count). The molecule has 0 spiro atoms. The first-order valence-electron chi connectivity index (χ1n) is 11.2. The van der Waals surface area contributed by atoms with Gasteiger partial charge in [-0.15, -0.1) is 0 Å². The van der Waals surface area contributed by atoms with Gasteiger partial charge in [0.2, 0.25) is 0 Å². The predicted molar refractivity (Wildman–Crippen MR) is 142 cm³/mol. The van der Waals surface area contributed by atoms with Crippen LogP contribution in [0.2, 0.25) is 5.02 Å². The van der Waals surface area contributed by atoms with E-state index in [9.17, 15) is 0 Å². The van der Waals surface area contributed by atoms with Crippen LogP contribution >= 0.6 is 34.7 Å². The smallest absolute Gasteiger partial charge is 0.193 e. The van der Waals surface area contributed by atoms with Crippen LogP contribution in [0.25, 0.3) is 10.6 Å². The monoisotopic (exact) mass is 524 g/mol. The quantitative estimate of drug-likeness (QED) is 0.336. The molecule has 0 atom stereocenters. The van der Waals surface area contributed by atoms with E-state index in [-0.39, 0.29) is 0 Å². The van der Waals surface area contributed by atoms with Crippen LogP contribution in [0.15, 0.2) is 59.0 Å². The minimum atomic E-state index is 0.651. The summed E-state index contributed by atoms with van der Waals surface area (Å²) in [4.78, 5) is 29.5. The second-order valence-electron chi connectivity index (χ2n) is 8.34. The van der Waals surface area contributed by atoms with Gasteiger partial charge in [-0.1, -0.05) is 35.1 Å². The summed E-state index contributed by atoms with van der Waals surface area (Å²) in [5.74, 6) is 0.668. The highest BCUT2D eigenvalue weighted by molar-refractivity contribution is 7.99. The van der Waals surface area contributed by atoms with Gasteiger partial charge in [-0.2, -0.15) is 0 Å². The summed E-state index contributed by atoms with van der Waals surface area (Å²) in [5, 5.41) is 5.32. The number of rotatable bonds is 7. The van der Waals surface area contributed by atoms with Crippen molar-refractivity contribution in [1.82, 2.24) is 34.7 Å². The fourth-order valence-electron chi connectivity index (χ4n) is 3.63. The summed E-state index contributed by atoms with van der Waals surface area (Å²) in [7, 11) is 2.16. The van der Waals surface area contributed by atoms with Crippen molar-refractivity contribution in [2.24, 2.45) is 0 Å². The van der Waals surface area contributed by atoms with E-state index in [4.69, 9.17) is 16.6 Å². The number of thiazole rings is 1. The SMILES string of the molecule is Cc1cc(-c2cnc(Nc3cnc(CN4CCN(C)CC4)cn3)s2)nc(Sc2ccccc2Cl)n1. The lowest BCUT2D eigenvalue weighted by atomic mass is 10.3. The minimum Gasteiger partial charge on any atom is -0.315 e. The molecule has 4 heterocycles. The number of halogens is 1. The molecule has 0 unspecified atom stereocenters. The van der Waals surface area contributed by atoms with E-state index in [2.05, 4.69) is 42.1 Å². The third-order valence-electron chi connectivity index (χ3n) is 5.55. The number of hydrogen-bond donors (Lipinski definition) is 1. The van der Waals surface area contributed by atoms with Crippen molar-refractivity contribution in [1.29, 1.82) is 0 Å². The summed E-state index contributed by atoms with van der Waals surface area (Å²) < 4.78 is 0. The summed E-state index contributed by atoms with van der Waals surface area (Å²) in [6.07, 6.45) is 5.41. The van der Waals surface area contributed by atoms with Gasteiger partial charge >= 0.3 is 0 Å². The van der Waals surface area contributed by atoms with Crippen LogP contribution in [-0.4, -0.2) is 67.9 Å². The van der Waals surface area contributed by atoms with Gasteiger partial charge in [-0.25, -0.2) is 19.9 Å². The number of nitrogens with zero attached hydrogens (tertiary/aromatic N) is 7. The van der Waals surface area contributed by atoms with Gasteiger partial charge in [0.1, 0.15) is 0 Å². The molecule has 0 amide bonds. The Hall–Kier alpha value is -2.63. The molecule has 180 valence electrons. The predicted octanol–water partition coefficient (Wildman–Crippen LogP) is 4.99. The molecule has 3 aromatic heterocycles. The molecule has 4 aromatic rings. The number of benzene rings is 1. The Balaban J connectivity index is 1.24. The van der Waals surface area contributed by atoms with Crippen LogP contribution in [0.1, 0.15) is 11.4 Å². The largest absolute Gasteiger partial charge is 0.315 e. The molecule has 11 heteroatoms. The molecule has 1 N–H and O–H groups in total. The van der Waals surface area contributed by atoms with Crippen molar-refractivity contribution >= 4 is 45.6 Å². The molecular formula is C24H25ClN8S2. The molecule has 35 heavy (non-hydrogen) atoms. The summed E-state index contributed by atoms with van der Waals surface area (Å²) in [6.45, 7) is 7.07. The zero-order chi connectivity index (χ0) is 24.2. The van der Waals surface area contributed by atoms with Crippen LogP contribution in [0.3, 0.4) is 0 Å². The minimum absolute atomic E-state index is 0.651. The van der Waals surface area contributed by atoms with Crippen LogP contribution in [0.4, 0.5) is 10.9 Å². The number of aromatic nitrogens is 5. The molecule has 1 aromatic carbocycles. The third kappa shape index (κ3) is 6.33. The summed E-state index contributed by atoms with van der Waals surface area (Å²) in [5.41, 5.74) is 2.68. The summed E-state index contributed by atoms with van der Waals surface area (Å²) >= 11 is 9.27. The maximum Gasteiger partial charge on any atom is 0.193 e. The highest BCUT2D eigenvalue weighted by Gasteiger charge is 2.15. The van der Waals surface area contributed by atoms with E-state index in [0.717, 1.165) is 64.7 Å². The van der Waals surface area contributed by atoms with Crippen molar-refractivity contribution in [3.63, 3.8) is 0 Å². The summed E-state index contributed by atoms with van der Waals surface area (Å²) in [6, 6.07) is 9.65. The molecule has 8 nitrogen and oxygen atoms in total. The van der Waals surface area contributed by atoms with Crippen LogP contribution < -0.4 is 5.32 Å². The highest BCUT2D eigenvalue weighted by Crippen LogP contribution is 2.34. The number of likely N-dealkylation sites (N-methyl/N-ethyl adjacent to an activating group) is 1. The van der Waals surface area contributed by atoms with E-state index in [1.807, 2.05) is 49.6 Å². The van der Waals surface area contributed by atoms with E-state index >= 15 is 0 Å². The van der Waals surface area contributed by atoms with Gasteiger partial charge in [0.25, 0.3) is 0 Å². The van der Waals surface area contributed by atoms with Gasteiger partial charge in [-0.05, 0) is 43.9 Å².